The molecule has 2 aromatic rings. The maximum Gasteiger partial charge on any atom is 0.322 e. The van der Waals surface area contributed by atoms with Crippen LogP contribution in [0.4, 0.5) is 4.39 Å². The van der Waals surface area contributed by atoms with Crippen molar-refractivity contribution in [3.05, 3.63) is 40.8 Å². The average molecular weight is 391 g/mol. The Labute approximate surface area is 154 Å². The molecule has 1 heterocycles. The second-order valence-corrected chi connectivity index (χ2v) is 5.45. The molecule has 2 rings (SSSR count). The maximum absolute atomic E-state index is 13.9. The van der Waals surface area contributed by atoms with Gasteiger partial charge in [0.1, 0.15) is 11.9 Å². The minimum Gasteiger partial charge on any atom is -0.480 e. The lowest BCUT2D eigenvalue weighted by Gasteiger charge is -2.11. The number of carbonyl (C=O) groups excluding carboxylic acids is 1. The van der Waals surface area contributed by atoms with E-state index in [0.29, 0.717) is 22.8 Å². The van der Waals surface area contributed by atoms with Gasteiger partial charge in [-0.2, -0.15) is 5.10 Å². The van der Waals surface area contributed by atoms with Crippen molar-refractivity contribution in [2.45, 2.75) is 19.5 Å². The van der Waals surface area contributed by atoms with E-state index in [-0.39, 0.29) is 24.5 Å². The Kier molecular flexibility index (Phi) is 7.35. The number of rotatable bonds is 6. The monoisotopic (exact) mass is 390 g/mol. The molecule has 4 N–H and O–H groups in total. The van der Waals surface area contributed by atoms with Crippen LogP contribution in [0.25, 0.3) is 11.3 Å². The summed E-state index contributed by atoms with van der Waals surface area (Å²) in [6.45, 7) is 2.11. The molecule has 136 valence electrons. The van der Waals surface area contributed by atoms with Crippen LogP contribution >= 0.6 is 24.0 Å². The third-order valence-corrected chi connectivity index (χ3v) is 3.60. The largest absolute Gasteiger partial charge is 0.480 e. The summed E-state index contributed by atoms with van der Waals surface area (Å²) in [6.07, 6.45) is 1.44. The Hall–Kier alpha value is -2.16. The van der Waals surface area contributed by atoms with Crippen LogP contribution in [-0.4, -0.2) is 39.4 Å². The van der Waals surface area contributed by atoms with Gasteiger partial charge in [0, 0.05) is 24.2 Å². The van der Waals surface area contributed by atoms with Crippen molar-refractivity contribution >= 4 is 35.9 Å². The van der Waals surface area contributed by atoms with Gasteiger partial charge >= 0.3 is 5.97 Å². The molecule has 0 aliphatic heterocycles. The first-order chi connectivity index (χ1) is 11.3. The molecule has 10 heteroatoms. The Bertz CT molecular complexity index is 782. The molecule has 7 nitrogen and oxygen atoms in total. The Morgan fingerprint density at radius 1 is 1.44 bits per heavy atom. The summed E-state index contributed by atoms with van der Waals surface area (Å²) in [5, 5.41) is 15.5. The number of aryl methyl sites for hydroxylation is 1. The first-order valence-electron chi connectivity index (χ1n) is 7.12. The maximum atomic E-state index is 13.9. The molecule has 25 heavy (non-hydrogen) atoms. The minimum absolute atomic E-state index is 0. The van der Waals surface area contributed by atoms with E-state index in [0.717, 1.165) is 6.07 Å². The van der Waals surface area contributed by atoms with Gasteiger partial charge in [-0.15, -0.1) is 12.4 Å². The van der Waals surface area contributed by atoms with Crippen molar-refractivity contribution < 1.29 is 19.1 Å². The van der Waals surface area contributed by atoms with Gasteiger partial charge in [0.25, 0.3) is 5.91 Å². The normalized spacial score (nSPS) is 11.5. The topological polar surface area (TPSA) is 110 Å². The van der Waals surface area contributed by atoms with Gasteiger partial charge in [-0.1, -0.05) is 11.6 Å². The van der Waals surface area contributed by atoms with Gasteiger partial charge in [0.05, 0.1) is 16.9 Å². The molecule has 1 aromatic carbocycles. The van der Waals surface area contributed by atoms with Crippen LogP contribution in [0.1, 0.15) is 17.3 Å². The van der Waals surface area contributed by atoms with Crippen LogP contribution in [0, 0.1) is 5.82 Å². The van der Waals surface area contributed by atoms with E-state index in [1.54, 1.807) is 4.68 Å². The number of carboxylic acids is 1. The summed E-state index contributed by atoms with van der Waals surface area (Å²) in [6, 6.07) is 2.51. The number of hydrogen-bond donors (Lipinski definition) is 3. The third-order valence-electron chi connectivity index (χ3n) is 3.33. The number of nitrogens with zero attached hydrogens (tertiary/aromatic N) is 2. The van der Waals surface area contributed by atoms with Crippen LogP contribution in [-0.2, 0) is 11.3 Å². The minimum atomic E-state index is -1.24. The number of aromatic nitrogens is 2. The molecule has 1 atom stereocenters. The van der Waals surface area contributed by atoms with E-state index in [1.165, 1.54) is 18.3 Å². The fourth-order valence-electron chi connectivity index (χ4n) is 2.14. The quantitative estimate of drug-likeness (QED) is 0.697. The molecule has 1 amide bonds. The zero-order valence-corrected chi connectivity index (χ0v) is 14.8. The standard InChI is InChI=1S/C15H16ClFN4O3.ClH/c1-2-21-13(11(16)6-20-21)8-3-9(5-10(17)4-8)14(22)19-7-12(18)15(23)24;/h3-6,12H,2,7,18H2,1H3,(H,19,22)(H,23,24);1H/t12-;/m1./s1. The Balaban J connectivity index is 0.00000312. The highest BCUT2D eigenvalue weighted by Gasteiger charge is 2.17. The van der Waals surface area contributed by atoms with Crippen LogP contribution in [0.3, 0.4) is 0 Å². The highest BCUT2D eigenvalue weighted by molar-refractivity contribution is 6.33. The van der Waals surface area contributed by atoms with Crippen molar-refractivity contribution in [1.82, 2.24) is 15.1 Å². The SMILES string of the molecule is CCn1ncc(Cl)c1-c1cc(F)cc(C(=O)NC[C@@H](N)C(=O)O)c1.Cl. The molecule has 0 bridgehead atoms. The predicted octanol–water partition coefficient (Wildman–Crippen LogP) is 1.93. The first-order valence-corrected chi connectivity index (χ1v) is 7.50. The second kappa shape index (κ2) is 8.80. The number of nitrogens with two attached hydrogens (primary N) is 1. The molecule has 0 spiro atoms. The van der Waals surface area contributed by atoms with Crippen molar-refractivity contribution in [2.24, 2.45) is 5.73 Å². The summed E-state index contributed by atoms with van der Waals surface area (Å²) in [5.74, 6) is -2.50. The lowest BCUT2D eigenvalue weighted by Crippen LogP contribution is -2.42. The number of halogens is 3. The number of amides is 1. The molecule has 0 saturated heterocycles. The molecule has 0 saturated carbocycles. The van der Waals surface area contributed by atoms with E-state index >= 15 is 0 Å². The van der Waals surface area contributed by atoms with Crippen molar-refractivity contribution in [3.63, 3.8) is 0 Å². The number of nitrogens with one attached hydrogen (secondary N) is 1. The van der Waals surface area contributed by atoms with E-state index in [2.05, 4.69) is 10.4 Å². The summed E-state index contributed by atoms with van der Waals surface area (Å²) in [5.41, 5.74) is 6.24. The van der Waals surface area contributed by atoms with Gasteiger partial charge in [0.2, 0.25) is 0 Å². The predicted molar refractivity (Wildman–Crippen MR) is 93.5 cm³/mol. The van der Waals surface area contributed by atoms with Crippen LogP contribution < -0.4 is 11.1 Å². The van der Waals surface area contributed by atoms with Gasteiger partial charge in [0.15, 0.2) is 0 Å². The summed E-state index contributed by atoms with van der Waals surface area (Å²) in [7, 11) is 0. The van der Waals surface area contributed by atoms with Crippen molar-refractivity contribution in [1.29, 1.82) is 0 Å². The highest BCUT2D eigenvalue weighted by atomic mass is 35.5. The van der Waals surface area contributed by atoms with Gasteiger partial charge in [-0.05, 0) is 25.1 Å². The molecule has 0 aliphatic carbocycles. The number of aliphatic carboxylic acids is 1. The first kappa shape index (κ1) is 20.9. The summed E-state index contributed by atoms with van der Waals surface area (Å²) >= 11 is 6.09. The third kappa shape index (κ3) is 4.91. The lowest BCUT2D eigenvalue weighted by molar-refractivity contribution is -0.138. The zero-order chi connectivity index (χ0) is 17.9. The molecule has 0 aliphatic rings. The van der Waals surface area contributed by atoms with E-state index in [9.17, 15) is 14.0 Å². The number of carboxylic acid groups (broad SMARTS) is 1. The number of carbonyl (C=O) groups is 2. The Morgan fingerprint density at radius 2 is 2.12 bits per heavy atom. The van der Waals surface area contributed by atoms with E-state index in [1.807, 2.05) is 6.92 Å². The Morgan fingerprint density at radius 3 is 2.72 bits per heavy atom. The molecule has 0 unspecified atom stereocenters. The molecule has 0 radical (unpaired) electrons. The van der Waals surface area contributed by atoms with Crippen molar-refractivity contribution in [3.8, 4) is 11.3 Å². The zero-order valence-electron chi connectivity index (χ0n) is 13.2. The van der Waals surface area contributed by atoms with Gasteiger partial charge < -0.3 is 16.2 Å². The molecular weight excluding hydrogens is 374 g/mol. The van der Waals surface area contributed by atoms with Crippen LogP contribution in [0.15, 0.2) is 24.4 Å². The smallest absolute Gasteiger partial charge is 0.322 e. The summed E-state index contributed by atoms with van der Waals surface area (Å²) in [4.78, 5) is 22.8. The average Bonchev–Trinajstić information content (AvgIpc) is 2.92. The van der Waals surface area contributed by atoms with Gasteiger partial charge in [-0.3, -0.25) is 14.3 Å². The number of hydrogen-bond acceptors (Lipinski definition) is 4. The molecule has 0 fully saturated rings. The fraction of sp³-hybridized carbons (Fsp3) is 0.267. The fourth-order valence-corrected chi connectivity index (χ4v) is 2.39. The van der Waals surface area contributed by atoms with E-state index in [4.69, 9.17) is 22.4 Å². The summed E-state index contributed by atoms with van der Waals surface area (Å²) < 4.78 is 15.5. The highest BCUT2D eigenvalue weighted by Crippen LogP contribution is 2.29. The number of benzene rings is 1. The van der Waals surface area contributed by atoms with Crippen LogP contribution in [0.2, 0.25) is 5.02 Å². The molecule has 1 aromatic heterocycles. The van der Waals surface area contributed by atoms with Crippen LogP contribution in [0.5, 0.6) is 0 Å². The van der Waals surface area contributed by atoms with Crippen molar-refractivity contribution in [2.75, 3.05) is 6.54 Å². The second-order valence-electron chi connectivity index (χ2n) is 5.04. The van der Waals surface area contributed by atoms with E-state index < -0.39 is 23.7 Å². The van der Waals surface area contributed by atoms with Gasteiger partial charge in [-0.25, -0.2) is 4.39 Å². The lowest BCUT2D eigenvalue weighted by atomic mass is 10.1. The molecular formula is C15H17Cl2FN4O3.